The number of hydrogen-bond donors (Lipinski definition) is 1. The van der Waals surface area contributed by atoms with Gasteiger partial charge in [-0.3, -0.25) is 14.4 Å². The number of aromatic nitrogens is 2. The van der Waals surface area contributed by atoms with Crippen LogP contribution in [0.3, 0.4) is 0 Å². The van der Waals surface area contributed by atoms with Crippen molar-refractivity contribution in [3.8, 4) is 0 Å². The molecule has 8 nitrogen and oxygen atoms in total. The molecule has 2 aliphatic heterocycles. The summed E-state index contributed by atoms with van der Waals surface area (Å²) in [6, 6.07) is 11.4. The Morgan fingerprint density at radius 1 is 1.18 bits per heavy atom. The zero-order valence-corrected chi connectivity index (χ0v) is 16.8. The highest BCUT2D eigenvalue weighted by Gasteiger charge is 2.50. The van der Waals surface area contributed by atoms with Gasteiger partial charge in [-0.05, 0) is 17.4 Å². The van der Waals surface area contributed by atoms with Crippen molar-refractivity contribution in [1.29, 1.82) is 0 Å². The molecule has 150 valence electrons. The van der Waals surface area contributed by atoms with E-state index in [0.29, 0.717) is 18.9 Å². The highest BCUT2D eigenvalue weighted by atomic mass is 32.2. The topological polar surface area (TPSA) is 87.5 Å². The van der Waals surface area contributed by atoms with Crippen LogP contribution in [0.25, 0.3) is 0 Å². The third kappa shape index (κ3) is 3.82. The van der Waals surface area contributed by atoms with Gasteiger partial charge in [0.1, 0.15) is 0 Å². The standard InChI is InChI=1S/C19H25N5O3S/c1-22-9-8-17(21-22)20-18(25)13-23-10-15-11-24(28(2,26)27)19(16(15)12-23)14-6-4-3-5-7-14/h3-9,15-16,19H,10-13H2,1-2H3,(H,20,21,25)/t15-,16-,19+/m1/s1. The Balaban J connectivity index is 1.46. The summed E-state index contributed by atoms with van der Waals surface area (Å²) < 4.78 is 28.0. The second kappa shape index (κ2) is 7.31. The quantitative estimate of drug-likeness (QED) is 0.802. The second-order valence-electron chi connectivity index (χ2n) is 7.73. The molecular formula is C19H25N5O3S. The van der Waals surface area contributed by atoms with Crippen LogP contribution in [0.5, 0.6) is 0 Å². The van der Waals surface area contributed by atoms with Gasteiger partial charge in [0.05, 0.1) is 18.8 Å². The number of nitrogens with one attached hydrogen (secondary N) is 1. The second-order valence-corrected chi connectivity index (χ2v) is 9.66. The Bertz CT molecular complexity index is 959. The molecule has 3 heterocycles. The normalized spacial score (nSPS) is 25.7. The summed E-state index contributed by atoms with van der Waals surface area (Å²) in [5.74, 6) is 0.842. The smallest absolute Gasteiger partial charge is 0.239 e. The zero-order valence-electron chi connectivity index (χ0n) is 16.0. The number of amides is 1. The van der Waals surface area contributed by atoms with Crippen LogP contribution >= 0.6 is 0 Å². The molecule has 1 aromatic carbocycles. The molecule has 9 heteroatoms. The van der Waals surface area contributed by atoms with E-state index in [4.69, 9.17) is 0 Å². The van der Waals surface area contributed by atoms with Gasteiger partial charge in [-0.1, -0.05) is 30.3 Å². The molecule has 0 saturated carbocycles. The van der Waals surface area contributed by atoms with Gasteiger partial charge in [0.25, 0.3) is 0 Å². The number of hydrogen-bond acceptors (Lipinski definition) is 5. The summed E-state index contributed by atoms with van der Waals surface area (Å²) in [6.07, 6.45) is 3.06. The number of carbonyl (C=O) groups excluding carboxylic acids is 1. The summed E-state index contributed by atoms with van der Waals surface area (Å²) in [5, 5.41) is 6.98. The van der Waals surface area contributed by atoms with E-state index in [-0.39, 0.29) is 30.3 Å². The van der Waals surface area contributed by atoms with Crippen molar-refractivity contribution in [2.75, 3.05) is 37.8 Å². The molecule has 0 bridgehead atoms. The number of nitrogens with zero attached hydrogens (tertiary/aromatic N) is 4. The van der Waals surface area contributed by atoms with E-state index in [9.17, 15) is 13.2 Å². The number of rotatable bonds is 5. The lowest BCUT2D eigenvalue weighted by atomic mass is 9.90. The summed E-state index contributed by atoms with van der Waals surface area (Å²) in [6.45, 7) is 2.20. The number of likely N-dealkylation sites (tertiary alicyclic amines) is 1. The lowest BCUT2D eigenvalue weighted by Gasteiger charge is -2.28. The minimum atomic E-state index is -3.30. The molecule has 0 radical (unpaired) electrons. The molecule has 2 saturated heterocycles. The first kappa shape index (κ1) is 19.1. The summed E-state index contributed by atoms with van der Waals surface area (Å²) in [7, 11) is -1.50. The van der Waals surface area contributed by atoms with E-state index in [1.807, 2.05) is 30.3 Å². The molecule has 4 rings (SSSR count). The van der Waals surface area contributed by atoms with E-state index >= 15 is 0 Å². The molecular weight excluding hydrogens is 378 g/mol. The predicted molar refractivity (Wildman–Crippen MR) is 106 cm³/mol. The van der Waals surface area contributed by atoms with Crippen LogP contribution in [-0.4, -0.2) is 65.7 Å². The first-order chi connectivity index (χ1) is 13.3. The molecule has 28 heavy (non-hydrogen) atoms. The number of aryl methyl sites for hydroxylation is 1. The highest BCUT2D eigenvalue weighted by Crippen LogP contribution is 2.45. The average Bonchev–Trinajstić information content (AvgIpc) is 3.29. The lowest BCUT2D eigenvalue weighted by Crippen LogP contribution is -2.37. The summed E-state index contributed by atoms with van der Waals surface area (Å²) >= 11 is 0. The van der Waals surface area contributed by atoms with Gasteiger partial charge in [0.15, 0.2) is 5.82 Å². The minimum absolute atomic E-state index is 0.102. The SMILES string of the molecule is Cn1ccc(NC(=O)CN2C[C@@H]3CN(S(C)(=O)=O)[C@@H](c4ccccc4)[C@@H]3C2)n1. The van der Waals surface area contributed by atoms with Gasteiger partial charge in [-0.25, -0.2) is 8.42 Å². The average molecular weight is 404 g/mol. The monoisotopic (exact) mass is 403 g/mol. The van der Waals surface area contributed by atoms with Crippen LogP contribution in [-0.2, 0) is 21.9 Å². The number of benzene rings is 1. The minimum Gasteiger partial charge on any atom is -0.308 e. The molecule has 2 fully saturated rings. The van der Waals surface area contributed by atoms with Gasteiger partial charge >= 0.3 is 0 Å². The molecule has 2 aliphatic rings. The van der Waals surface area contributed by atoms with Crippen LogP contribution in [0, 0.1) is 11.8 Å². The summed E-state index contributed by atoms with van der Waals surface area (Å²) in [5.41, 5.74) is 1.01. The molecule has 2 aromatic rings. The molecule has 1 aromatic heterocycles. The molecule has 0 aliphatic carbocycles. The van der Waals surface area contributed by atoms with Gasteiger partial charge in [-0.2, -0.15) is 9.40 Å². The van der Waals surface area contributed by atoms with E-state index in [1.165, 1.54) is 6.26 Å². The molecule has 0 unspecified atom stereocenters. The van der Waals surface area contributed by atoms with Crippen molar-refractivity contribution >= 4 is 21.7 Å². The number of anilines is 1. The lowest BCUT2D eigenvalue weighted by molar-refractivity contribution is -0.117. The van der Waals surface area contributed by atoms with Crippen LogP contribution in [0.15, 0.2) is 42.6 Å². The number of fused-ring (bicyclic) bond motifs is 1. The Morgan fingerprint density at radius 3 is 2.57 bits per heavy atom. The van der Waals surface area contributed by atoms with Crippen LogP contribution in [0.4, 0.5) is 5.82 Å². The fourth-order valence-corrected chi connectivity index (χ4v) is 5.65. The maximum atomic E-state index is 12.4. The van der Waals surface area contributed by atoms with Crippen molar-refractivity contribution in [1.82, 2.24) is 19.0 Å². The van der Waals surface area contributed by atoms with E-state index in [1.54, 1.807) is 28.3 Å². The molecule has 1 N–H and O–H groups in total. The van der Waals surface area contributed by atoms with Crippen molar-refractivity contribution in [3.05, 3.63) is 48.2 Å². The zero-order chi connectivity index (χ0) is 19.9. The molecule has 3 atom stereocenters. The molecule has 0 spiro atoms. The third-order valence-corrected chi connectivity index (χ3v) is 6.84. The fraction of sp³-hybridized carbons (Fsp3) is 0.474. The van der Waals surface area contributed by atoms with E-state index < -0.39 is 10.0 Å². The first-order valence-corrected chi connectivity index (χ1v) is 11.2. The Hall–Kier alpha value is -2.23. The van der Waals surface area contributed by atoms with Gasteiger partial charge in [0, 0.05) is 38.9 Å². The van der Waals surface area contributed by atoms with Crippen LogP contribution in [0.2, 0.25) is 0 Å². The Labute approximate surface area is 165 Å². The Kier molecular flexibility index (Phi) is 4.98. The highest BCUT2D eigenvalue weighted by molar-refractivity contribution is 7.88. The first-order valence-electron chi connectivity index (χ1n) is 9.35. The maximum absolute atomic E-state index is 12.4. The van der Waals surface area contributed by atoms with Crippen molar-refractivity contribution < 1.29 is 13.2 Å². The van der Waals surface area contributed by atoms with Crippen molar-refractivity contribution in [2.24, 2.45) is 18.9 Å². The van der Waals surface area contributed by atoms with Gasteiger partial charge < -0.3 is 5.32 Å². The van der Waals surface area contributed by atoms with E-state index in [2.05, 4.69) is 15.3 Å². The van der Waals surface area contributed by atoms with E-state index in [0.717, 1.165) is 12.1 Å². The number of carbonyl (C=O) groups is 1. The van der Waals surface area contributed by atoms with Gasteiger partial charge in [-0.15, -0.1) is 0 Å². The fourth-order valence-electron chi connectivity index (χ4n) is 4.50. The summed E-state index contributed by atoms with van der Waals surface area (Å²) in [4.78, 5) is 14.5. The van der Waals surface area contributed by atoms with Crippen molar-refractivity contribution in [3.63, 3.8) is 0 Å². The predicted octanol–water partition coefficient (Wildman–Crippen LogP) is 0.923. The largest absolute Gasteiger partial charge is 0.308 e. The maximum Gasteiger partial charge on any atom is 0.239 e. The van der Waals surface area contributed by atoms with Crippen LogP contribution in [0.1, 0.15) is 11.6 Å². The Morgan fingerprint density at radius 2 is 1.93 bits per heavy atom. The third-order valence-electron chi connectivity index (χ3n) is 5.61. The molecule has 1 amide bonds. The van der Waals surface area contributed by atoms with Crippen molar-refractivity contribution in [2.45, 2.75) is 6.04 Å². The van der Waals surface area contributed by atoms with Crippen LogP contribution < -0.4 is 5.32 Å². The van der Waals surface area contributed by atoms with Gasteiger partial charge in [0.2, 0.25) is 15.9 Å². The number of sulfonamides is 1.